The second kappa shape index (κ2) is 8.87. The van der Waals surface area contributed by atoms with Crippen LogP contribution in [-0.4, -0.2) is 37.1 Å². The van der Waals surface area contributed by atoms with Crippen LogP contribution in [0, 0.1) is 20.8 Å². The van der Waals surface area contributed by atoms with Gasteiger partial charge in [-0.1, -0.05) is 12.1 Å². The number of aliphatic hydroxyl groups excluding tert-OH is 1. The average Bonchev–Trinajstić information content (AvgIpc) is 3.08. The quantitative estimate of drug-likeness (QED) is 0.390. The number of aryl methyl sites for hydroxylation is 3. The molecule has 35 heavy (non-hydrogen) atoms. The monoisotopic (exact) mass is 486 g/mol. The number of amides is 1. The Morgan fingerprint density at radius 2 is 1.89 bits per heavy atom. The van der Waals surface area contributed by atoms with Crippen LogP contribution < -0.4 is 15.8 Å². The van der Waals surface area contributed by atoms with E-state index in [2.05, 4.69) is 25.1 Å². The van der Waals surface area contributed by atoms with E-state index in [9.17, 15) is 23.1 Å². The Balaban J connectivity index is 1.57. The van der Waals surface area contributed by atoms with Crippen molar-refractivity contribution in [2.75, 3.05) is 11.1 Å². The summed E-state index contributed by atoms with van der Waals surface area (Å²) >= 11 is 0. The van der Waals surface area contributed by atoms with Gasteiger partial charge in [0, 0.05) is 5.69 Å². The Kier molecular flexibility index (Phi) is 6.07. The summed E-state index contributed by atoms with van der Waals surface area (Å²) in [7, 11) is 0. The fourth-order valence-corrected chi connectivity index (χ4v) is 3.69. The standard InChI is InChI=1S/C23H21F3N6O3/c1-11-9-15(30-22(34)20(33)14-5-4-6-16(10-14)35-23(24,25)26)7-8-17(11)32-19-18(12(2)31-32)28-13(3)29-21(19)27/h4-10,20,33H,1-3H3,(H,30,34)(H2,27,28,29)/t20-/m1/s1. The number of carbonyl (C=O) groups is 1. The fourth-order valence-electron chi connectivity index (χ4n) is 3.69. The lowest BCUT2D eigenvalue weighted by molar-refractivity contribution is -0.274. The SMILES string of the molecule is Cc1nc(N)c2c(n1)c(C)nn2-c1ccc(NC(=O)[C@H](O)c2cccc(OC(F)(F)F)c2)cc1C. The van der Waals surface area contributed by atoms with Crippen molar-refractivity contribution < 1.29 is 27.8 Å². The van der Waals surface area contributed by atoms with Gasteiger partial charge in [-0.3, -0.25) is 4.79 Å². The van der Waals surface area contributed by atoms with Crippen LogP contribution in [0.5, 0.6) is 5.75 Å². The van der Waals surface area contributed by atoms with E-state index in [1.807, 2.05) is 6.92 Å². The molecule has 2 aromatic heterocycles. The molecule has 2 aromatic carbocycles. The molecule has 0 aliphatic carbocycles. The number of nitrogens with one attached hydrogen (secondary N) is 1. The smallest absolute Gasteiger partial charge is 0.406 e. The molecule has 0 unspecified atom stereocenters. The molecule has 0 aliphatic rings. The van der Waals surface area contributed by atoms with Crippen molar-refractivity contribution in [3.8, 4) is 11.4 Å². The Morgan fingerprint density at radius 3 is 2.57 bits per heavy atom. The molecule has 0 spiro atoms. The first-order chi connectivity index (χ1) is 16.4. The number of aromatic nitrogens is 4. The normalized spacial score (nSPS) is 12.5. The molecule has 4 rings (SSSR count). The molecule has 12 heteroatoms. The highest BCUT2D eigenvalue weighted by Crippen LogP contribution is 2.29. The van der Waals surface area contributed by atoms with Gasteiger partial charge in [0.2, 0.25) is 0 Å². The molecule has 0 saturated heterocycles. The average molecular weight is 486 g/mol. The van der Waals surface area contributed by atoms with Crippen molar-refractivity contribution in [3.05, 3.63) is 65.1 Å². The Morgan fingerprint density at radius 1 is 1.14 bits per heavy atom. The van der Waals surface area contributed by atoms with E-state index in [0.29, 0.717) is 33.9 Å². The van der Waals surface area contributed by atoms with Gasteiger partial charge in [0.15, 0.2) is 11.9 Å². The first-order valence-electron chi connectivity index (χ1n) is 10.4. The molecule has 4 aromatic rings. The van der Waals surface area contributed by atoms with Gasteiger partial charge in [-0.15, -0.1) is 13.2 Å². The van der Waals surface area contributed by atoms with Gasteiger partial charge in [0.25, 0.3) is 5.91 Å². The maximum atomic E-state index is 12.6. The van der Waals surface area contributed by atoms with Gasteiger partial charge < -0.3 is 20.9 Å². The zero-order valence-electron chi connectivity index (χ0n) is 18.9. The van der Waals surface area contributed by atoms with Gasteiger partial charge in [0.05, 0.1) is 11.4 Å². The number of ether oxygens (including phenoxy) is 1. The lowest BCUT2D eigenvalue weighted by Crippen LogP contribution is -2.21. The number of nitrogen functional groups attached to an aromatic ring is 1. The third-order valence-electron chi connectivity index (χ3n) is 5.18. The molecule has 0 bridgehead atoms. The van der Waals surface area contributed by atoms with E-state index < -0.39 is 24.1 Å². The minimum Gasteiger partial charge on any atom is -0.406 e. The molecule has 1 amide bonds. The largest absolute Gasteiger partial charge is 0.573 e. The molecule has 0 fully saturated rings. The van der Waals surface area contributed by atoms with E-state index in [0.717, 1.165) is 17.7 Å². The summed E-state index contributed by atoms with van der Waals surface area (Å²) in [5.74, 6) is -0.553. The summed E-state index contributed by atoms with van der Waals surface area (Å²) < 4.78 is 42.8. The summed E-state index contributed by atoms with van der Waals surface area (Å²) in [4.78, 5) is 21.2. The third-order valence-corrected chi connectivity index (χ3v) is 5.18. The number of nitrogens with zero attached hydrogens (tertiary/aromatic N) is 4. The predicted octanol–water partition coefficient (Wildman–Crippen LogP) is 3.89. The van der Waals surface area contributed by atoms with Gasteiger partial charge in [0.1, 0.15) is 22.6 Å². The fraction of sp³-hybridized carbons (Fsp3) is 0.217. The second-order valence-electron chi connectivity index (χ2n) is 7.86. The van der Waals surface area contributed by atoms with E-state index >= 15 is 0 Å². The maximum absolute atomic E-state index is 12.6. The summed E-state index contributed by atoms with van der Waals surface area (Å²) in [5, 5.41) is 17.4. The van der Waals surface area contributed by atoms with Crippen molar-refractivity contribution in [3.63, 3.8) is 0 Å². The Hall–Kier alpha value is -4.19. The molecular formula is C23H21F3N6O3. The highest BCUT2D eigenvalue weighted by atomic mass is 19.4. The highest BCUT2D eigenvalue weighted by Gasteiger charge is 2.31. The van der Waals surface area contributed by atoms with E-state index in [4.69, 9.17) is 5.73 Å². The summed E-state index contributed by atoms with van der Waals surface area (Å²) in [5.41, 5.74) is 9.70. The Bertz CT molecular complexity index is 1430. The lowest BCUT2D eigenvalue weighted by atomic mass is 10.1. The molecule has 9 nitrogen and oxygen atoms in total. The van der Waals surface area contributed by atoms with Gasteiger partial charge in [-0.05, 0) is 62.2 Å². The molecule has 4 N–H and O–H groups in total. The van der Waals surface area contributed by atoms with E-state index in [-0.39, 0.29) is 11.4 Å². The minimum absolute atomic E-state index is 0.0538. The summed E-state index contributed by atoms with van der Waals surface area (Å²) in [6.45, 7) is 5.35. The molecule has 182 valence electrons. The number of aliphatic hydroxyl groups is 1. The number of anilines is 2. The van der Waals surface area contributed by atoms with Crippen LogP contribution in [0.1, 0.15) is 28.7 Å². The van der Waals surface area contributed by atoms with Crippen LogP contribution in [0.4, 0.5) is 24.7 Å². The van der Waals surface area contributed by atoms with E-state index in [1.165, 1.54) is 12.1 Å². The number of fused-ring (bicyclic) bond motifs is 1. The molecule has 0 saturated carbocycles. The number of benzene rings is 2. The predicted molar refractivity (Wildman–Crippen MR) is 122 cm³/mol. The van der Waals surface area contributed by atoms with Crippen LogP contribution in [0.2, 0.25) is 0 Å². The third kappa shape index (κ3) is 5.01. The van der Waals surface area contributed by atoms with Gasteiger partial charge in [-0.2, -0.15) is 5.10 Å². The number of alkyl halides is 3. The van der Waals surface area contributed by atoms with Crippen molar-refractivity contribution in [2.24, 2.45) is 0 Å². The molecule has 0 aliphatic heterocycles. The molecular weight excluding hydrogens is 465 g/mol. The van der Waals surface area contributed by atoms with E-state index in [1.54, 1.807) is 36.7 Å². The zero-order valence-corrected chi connectivity index (χ0v) is 18.9. The summed E-state index contributed by atoms with van der Waals surface area (Å²) in [6, 6.07) is 9.57. The van der Waals surface area contributed by atoms with Crippen molar-refractivity contribution >= 4 is 28.4 Å². The van der Waals surface area contributed by atoms with Crippen molar-refractivity contribution in [2.45, 2.75) is 33.2 Å². The van der Waals surface area contributed by atoms with Crippen LogP contribution >= 0.6 is 0 Å². The lowest BCUT2D eigenvalue weighted by Gasteiger charge is -2.15. The molecule has 0 radical (unpaired) electrons. The minimum atomic E-state index is -4.89. The first-order valence-corrected chi connectivity index (χ1v) is 10.4. The second-order valence-corrected chi connectivity index (χ2v) is 7.86. The number of rotatable bonds is 5. The number of nitrogens with two attached hydrogens (primary N) is 1. The number of halogens is 3. The van der Waals surface area contributed by atoms with Crippen molar-refractivity contribution in [1.29, 1.82) is 0 Å². The highest BCUT2D eigenvalue weighted by molar-refractivity contribution is 5.95. The van der Waals surface area contributed by atoms with Crippen LogP contribution in [0.3, 0.4) is 0 Å². The van der Waals surface area contributed by atoms with Crippen molar-refractivity contribution in [1.82, 2.24) is 19.7 Å². The maximum Gasteiger partial charge on any atom is 0.573 e. The van der Waals surface area contributed by atoms with Gasteiger partial charge >= 0.3 is 6.36 Å². The Labute approximate surface area is 197 Å². The topological polar surface area (TPSA) is 128 Å². The van der Waals surface area contributed by atoms with Crippen LogP contribution in [0.25, 0.3) is 16.7 Å². The summed E-state index contributed by atoms with van der Waals surface area (Å²) in [6.07, 6.45) is -6.61. The number of carbonyl (C=O) groups excluding carboxylic acids is 1. The van der Waals surface area contributed by atoms with Crippen LogP contribution in [-0.2, 0) is 4.79 Å². The molecule has 2 heterocycles. The first kappa shape index (κ1) is 24.0. The zero-order chi connectivity index (χ0) is 25.5. The molecule has 1 atom stereocenters. The number of hydrogen-bond acceptors (Lipinski definition) is 7. The van der Waals surface area contributed by atoms with Gasteiger partial charge in [-0.25, -0.2) is 14.6 Å². The number of hydrogen-bond donors (Lipinski definition) is 3. The van der Waals surface area contributed by atoms with Crippen LogP contribution in [0.15, 0.2) is 42.5 Å².